The zero-order chi connectivity index (χ0) is 16.4. The van der Waals surface area contributed by atoms with Crippen molar-refractivity contribution in [1.82, 2.24) is 15.5 Å². The zero-order valence-electron chi connectivity index (χ0n) is 15.4. The molecular weight excluding hydrogens is 423 g/mol. The maximum atomic E-state index is 5.81. The number of nitrogens with one attached hydrogen (secondary N) is 2. The van der Waals surface area contributed by atoms with E-state index in [1.54, 1.807) is 0 Å². The summed E-state index contributed by atoms with van der Waals surface area (Å²) in [5.41, 5.74) is 0. The average Bonchev–Trinajstić information content (AvgIpc) is 2.91. The number of halogens is 1. The number of aliphatic imine (C=N–C) groups is 1. The van der Waals surface area contributed by atoms with E-state index in [2.05, 4.69) is 53.3 Å². The SMILES string of the molecule is CCOC(CCN(C)C)CNC(=NC)NCC1(C)CCCS1.I. The minimum absolute atomic E-state index is 0. The first-order valence-electron chi connectivity index (χ1n) is 8.34. The molecule has 0 bridgehead atoms. The normalized spacial score (nSPS) is 22.8. The van der Waals surface area contributed by atoms with Crippen LogP contribution in [-0.4, -0.2) is 74.8 Å². The lowest BCUT2D eigenvalue weighted by atomic mass is 10.1. The molecule has 0 aromatic carbocycles. The smallest absolute Gasteiger partial charge is 0.191 e. The summed E-state index contributed by atoms with van der Waals surface area (Å²) in [6, 6.07) is 0. The molecule has 1 aliphatic rings. The van der Waals surface area contributed by atoms with E-state index >= 15 is 0 Å². The molecule has 2 atom stereocenters. The second-order valence-electron chi connectivity index (χ2n) is 6.38. The molecule has 0 aromatic heterocycles. The number of hydrogen-bond donors (Lipinski definition) is 2. The Bertz CT molecular complexity index is 336. The van der Waals surface area contributed by atoms with Gasteiger partial charge in [0.05, 0.1) is 6.10 Å². The fraction of sp³-hybridized carbons (Fsp3) is 0.938. The number of ether oxygens (including phenoxy) is 1. The standard InChI is InChI=1S/C16H34N4OS.HI/c1-6-21-14(8-10-20(4)5)12-18-15(17-3)19-13-16(2)9-7-11-22-16;/h14H,6-13H2,1-5H3,(H2,17,18,19);1H. The molecule has 23 heavy (non-hydrogen) atoms. The predicted octanol–water partition coefficient (Wildman–Crippen LogP) is 2.41. The number of hydrogen-bond acceptors (Lipinski definition) is 4. The van der Waals surface area contributed by atoms with Crippen molar-refractivity contribution in [3.05, 3.63) is 0 Å². The number of nitrogens with zero attached hydrogens (tertiary/aromatic N) is 2. The van der Waals surface area contributed by atoms with Crippen LogP contribution in [0.2, 0.25) is 0 Å². The van der Waals surface area contributed by atoms with Crippen molar-refractivity contribution in [2.24, 2.45) is 4.99 Å². The van der Waals surface area contributed by atoms with Crippen LogP contribution in [0.1, 0.15) is 33.1 Å². The quantitative estimate of drug-likeness (QED) is 0.316. The van der Waals surface area contributed by atoms with E-state index in [9.17, 15) is 0 Å². The molecule has 1 heterocycles. The maximum Gasteiger partial charge on any atom is 0.191 e. The number of rotatable bonds is 9. The summed E-state index contributed by atoms with van der Waals surface area (Å²) < 4.78 is 6.16. The van der Waals surface area contributed by atoms with Gasteiger partial charge in [0, 0.05) is 38.0 Å². The van der Waals surface area contributed by atoms with Crippen molar-refractivity contribution in [3.8, 4) is 0 Å². The first-order chi connectivity index (χ1) is 10.5. The molecule has 1 aliphatic heterocycles. The summed E-state index contributed by atoms with van der Waals surface area (Å²) in [6.45, 7) is 7.94. The van der Waals surface area contributed by atoms with Crippen LogP contribution in [0.25, 0.3) is 0 Å². The van der Waals surface area contributed by atoms with Gasteiger partial charge in [0.15, 0.2) is 5.96 Å². The molecule has 138 valence electrons. The van der Waals surface area contributed by atoms with E-state index in [1.165, 1.54) is 18.6 Å². The van der Waals surface area contributed by atoms with Gasteiger partial charge in [-0.3, -0.25) is 4.99 Å². The van der Waals surface area contributed by atoms with E-state index in [-0.39, 0.29) is 30.1 Å². The molecule has 7 heteroatoms. The molecule has 0 aromatic rings. The molecule has 0 saturated carbocycles. The third kappa shape index (κ3) is 9.99. The van der Waals surface area contributed by atoms with Crippen LogP contribution < -0.4 is 10.6 Å². The van der Waals surface area contributed by atoms with Gasteiger partial charge >= 0.3 is 0 Å². The first-order valence-corrected chi connectivity index (χ1v) is 9.32. The summed E-state index contributed by atoms with van der Waals surface area (Å²) in [4.78, 5) is 6.52. The Kier molecular flexibility index (Phi) is 12.8. The van der Waals surface area contributed by atoms with Crippen molar-refractivity contribution >= 4 is 41.7 Å². The van der Waals surface area contributed by atoms with Gasteiger partial charge in [-0.1, -0.05) is 0 Å². The van der Waals surface area contributed by atoms with Gasteiger partial charge < -0.3 is 20.3 Å². The fourth-order valence-electron chi connectivity index (χ4n) is 2.56. The van der Waals surface area contributed by atoms with Crippen molar-refractivity contribution in [2.75, 3.05) is 53.1 Å². The Hall–Kier alpha value is 0.270. The lowest BCUT2D eigenvalue weighted by Gasteiger charge is -2.25. The summed E-state index contributed by atoms with van der Waals surface area (Å²) in [6.07, 6.45) is 3.86. The highest BCUT2D eigenvalue weighted by molar-refractivity contribution is 14.0. The van der Waals surface area contributed by atoms with Crippen molar-refractivity contribution < 1.29 is 4.74 Å². The third-order valence-electron chi connectivity index (χ3n) is 3.95. The summed E-state index contributed by atoms with van der Waals surface area (Å²) in [5.74, 6) is 2.16. The Morgan fingerprint density at radius 2 is 2.13 bits per heavy atom. The van der Waals surface area contributed by atoms with E-state index < -0.39 is 0 Å². The summed E-state index contributed by atoms with van der Waals surface area (Å²) >= 11 is 2.07. The summed E-state index contributed by atoms with van der Waals surface area (Å²) in [7, 11) is 6.02. The van der Waals surface area contributed by atoms with E-state index in [4.69, 9.17) is 4.74 Å². The van der Waals surface area contributed by atoms with E-state index in [0.717, 1.165) is 38.6 Å². The van der Waals surface area contributed by atoms with E-state index in [0.29, 0.717) is 4.75 Å². The lowest BCUT2D eigenvalue weighted by molar-refractivity contribution is 0.0548. The van der Waals surface area contributed by atoms with Gasteiger partial charge in [0.25, 0.3) is 0 Å². The molecule has 2 N–H and O–H groups in total. The molecule has 5 nitrogen and oxygen atoms in total. The van der Waals surface area contributed by atoms with Gasteiger partial charge in [-0.05, 0) is 53.0 Å². The monoisotopic (exact) mass is 458 g/mol. The highest BCUT2D eigenvalue weighted by Crippen LogP contribution is 2.36. The van der Waals surface area contributed by atoms with Crippen LogP contribution in [0.3, 0.4) is 0 Å². The lowest BCUT2D eigenvalue weighted by Crippen LogP contribution is -2.46. The highest BCUT2D eigenvalue weighted by atomic mass is 127. The maximum absolute atomic E-state index is 5.81. The Labute approximate surface area is 163 Å². The molecule has 1 fully saturated rings. The van der Waals surface area contributed by atoms with Crippen molar-refractivity contribution in [1.29, 1.82) is 0 Å². The molecule has 0 radical (unpaired) electrons. The highest BCUT2D eigenvalue weighted by Gasteiger charge is 2.29. The molecule has 1 rings (SSSR count). The summed E-state index contributed by atoms with van der Waals surface area (Å²) in [5, 5.41) is 6.87. The molecule has 2 unspecified atom stereocenters. The Balaban J connectivity index is 0.00000484. The van der Waals surface area contributed by atoms with Crippen LogP contribution in [-0.2, 0) is 4.74 Å². The molecule has 1 saturated heterocycles. The van der Waals surface area contributed by atoms with Crippen LogP contribution in [0.4, 0.5) is 0 Å². The number of guanidine groups is 1. The second kappa shape index (κ2) is 12.6. The van der Waals surface area contributed by atoms with Crippen LogP contribution in [0.15, 0.2) is 4.99 Å². The van der Waals surface area contributed by atoms with Crippen LogP contribution in [0, 0.1) is 0 Å². The molecule has 0 spiro atoms. The fourth-order valence-corrected chi connectivity index (χ4v) is 3.80. The Morgan fingerprint density at radius 3 is 2.65 bits per heavy atom. The third-order valence-corrected chi connectivity index (χ3v) is 5.49. The zero-order valence-corrected chi connectivity index (χ0v) is 18.5. The molecular formula is C16H35IN4OS. The van der Waals surface area contributed by atoms with Crippen molar-refractivity contribution in [2.45, 2.75) is 44.0 Å². The Morgan fingerprint density at radius 1 is 1.39 bits per heavy atom. The second-order valence-corrected chi connectivity index (χ2v) is 8.06. The van der Waals surface area contributed by atoms with Gasteiger partial charge in [0.2, 0.25) is 0 Å². The van der Waals surface area contributed by atoms with Gasteiger partial charge in [-0.2, -0.15) is 11.8 Å². The van der Waals surface area contributed by atoms with Gasteiger partial charge in [-0.15, -0.1) is 24.0 Å². The topological polar surface area (TPSA) is 48.9 Å². The molecule has 0 aliphatic carbocycles. The van der Waals surface area contributed by atoms with Gasteiger partial charge in [0.1, 0.15) is 0 Å². The van der Waals surface area contributed by atoms with Crippen LogP contribution in [0.5, 0.6) is 0 Å². The van der Waals surface area contributed by atoms with Gasteiger partial charge in [-0.25, -0.2) is 0 Å². The minimum atomic E-state index is 0. The predicted molar refractivity (Wildman–Crippen MR) is 113 cm³/mol. The van der Waals surface area contributed by atoms with Crippen molar-refractivity contribution in [3.63, 3.8) is 0 Å². The first kappa shape index (κ1) is 23.3. The number of thioether (sulfide) groups is 1. The van der Waals surface area contributed by atoms with Crippen LogP contribution >= 0.6 is 35.7 Å². The molecule has 0 amide bonds. The van der Waals surface area contributed by atoms with E-state index in [1.807, 2.05) is 14.0 Å². The minimum Gasteiger partial charge on any atom is -0.377 e. The largest absolute Gasteiger partial charge is 0.377 e. The average molecular weight is 458 g/mol.